The fraction of sp³-hybridized carbons (Fsp3) is 0.393. The first-order valence-electron chi connectivity index (χ1n) is 12.4. The number of carbonyl (C=O) groups is 3. The monoisotopic (exact) mass is 492 g/mol. The summed E-state index contributed by atoms with van der Waals surface area (Å²) in [6.45, 7) is 7.23. The van der Waals surface area contributed by atoms with Crippen LogP contribution in [-0.2, 0) is 14.3 Å². The maximum Gasteiger partial charge on any atom is 0.338 e. The highest BCUT2D eigenvalue weighted by Crippen LogP contribution is 2.36. The fourth-order valence-electron chi connectivity index (χ4n) is 4.23. The van der Waals surface area contributed by atoms with E-state index < -0.39 is 5.97 Å². The van der Waals surface area contributed by atoms with Crippen molar-refractivity contribution in [1.29, 1.82) is 0 Å². The van der Waals surface area contributed by atoms with Crippen molar-refractivity contribution >= 4 is 40.4 Å². The van der Waals surface area contributed by atoms with Gasteiger partial charge in [-0.05, 0) is 76.8 Å². The molecule has 2 N–H and O–H groups in total. The molecule has 0 aliphatic carbocycles. The zero-order valence-corrected chi connectivity index (χ0v) is 21.8. The molecule has 0 aromatic heterocycles. The van der Waals surface area contributed by atoms with Crippen LogP contribution in [0.25, 0.3) is 5.57 Å². The summed E-state index contributed by atoms with van der Waals surface area (Å²) in [5, 5.41) is 6.30. The maximum absolute atomic E-state index is 12.9. The molecule has 0 spiro atoms. The SMILES string of the molecule is CCC/C(Nc1ccc(N(CCCN(C)C)C(C)=O)cc1)=C1/C(=O)Nc2cc(C(=O)OCC)ccc21. The van der Waals surface area contributed by atoms with Crippen LogP contribution in [0.15, 0.2) is 48.2 Å². The van der Waals surface area contributed by atoms with E-state index in [4.69, 9.17) is 4.74 Å². The van der Waals surface area contributed by atoms with Crippen molar-refractivity contribution in [1.82, 2.24) is 4.90 Å². The third kappa shape index (κ3) is 6.51. The van der Waals surface area contributed by atoms with E-state index in [-0.39, 0.29) is 18.4 Å². The lowest BCUT2D eigenvalue weighted by Crippen LogP contribution is -2.31. The predicted molar refractivity (Wildman–Crippen MR) is 144 cm³/mol. The van der Waals surface area contributed by atoms with Crippen LogP contribution in [0, 0.1) is 0 Å². The van der Waals surface area contributed by atoms with Crippen molar-refractivity contribution in [3.05, 3.63) is 59.3 Å². The molecule has 1 aliphatic rings. The second-order valence-electron chi connectivity index (χ2n) is 9.04. The summed E-state index contributed by atoms with van der Waals surface area (Å²) in [6.07, 6.45) is 2.40. The zero-order valence-electron chi connectivity index (χ0n) is 21.8. The molecule has 8 heteroatoms. The van der Waals surface area contributed by atoms with Gasteiger partial charge in [-0.1, -0.05) is 19.4 Å². The van der Waals surface area contributed by atoms with Crippen LogP contribution < -0.4 is 15.5 Å². The molecule has 0 unspecified atom stereocenters. The van der Waals surface area contributed by atoms with Crippen molar-refractivity contribution < 1.29 is 19.1 Å². The molecule has 2 amide bonds. The summed E-state index contributed by atoms with van der Waals surface area (Å²) < 4.78 is 5.08. The van der Waals surface area contributed by atoms with Crippen molar-refractivity contribution in [2.24, 2.45) is 0 Å². The van der Waals surface area contributed by atoms with Gasteiger partial charge in [-0.2, -0.15) is 0 Å². The van der Waals surface area contributed by atoms with Crippen LogP contribution in [-0.4, -0.2) is 56.5 Å². The fourth-order valence-corrected chi connectivity index (χ4v) is 4.23. The van der Waals surface area contributed by atoms with Crippen LogP contribution in [0.5, 0.6) is 0 Å². The Labute approximate surface area is 213 Å². The van der Waals surface area contributed by atoms with Gasteiger partial charge in [0.25, 0.3) is 5.91 Å². The molecule has 0 fully saturated rings. The molecule has 0 radical (unpaired) electrons. The van der Waals surface area contributed by atoms with E-state index in [2.05, 4.69) is 22.5 Å². The standard InChI is InChI=1S/C28H36N4O4/c1-6-9-24(26-23-15-10-20(28(35)36-7-2)18-25(23)30-27(26)34)29-21-11-13-22(14-12-21)32(19(3)33)17-8-16-31(4)5/h10-15,18,29H,6-9,16-17H2,1-5H3,(H,30,34)/b26-24-. The van der Waals surface area contributed by atoms with Gasteiger partial charge in [0.2, 0.25) is 5.91 Å². The minimum absolute atomic E-state index is 0.00433. The van der Waals surface area contributed by atoms with Crippen LogP contribution in [0.2, 0.25) is 0 Å². The minimum Gasteiger partial charge on any atom is -0.462 e. The number of esters is 1. The van der Waals surface area contributed by atoms with Crippen LogP contribution in [0.3, 0.4) is 0 Å². The molecule has 8 nitrogen and oxygen atoms in total. The highest BCUT2D eigenvalue weighted by molar-refractivity contribution is 6.32. The summed E-state index contributed by atoms with van der Waals surface area (Å²) >= 11 is 0. The summed E-state index contributed by atoms with van der Waals surface area (Å²) in [7, 11) is 4.03. The molecule has 3 rings (SSSR count). The van der Waals surface area contributed by atoms with Crippen molar-refractivity contribution in [2.45, 2.75) is 40.0 Å². The van der Waals surface area contributed by atoms with E-state index in [1.165, 1.54) is 0 Å². The molecular weight excluding hydrogens is 456 g/mol. The molecule has 0 atom stereocenters. The number of ether oxygens (including phenoxy) is 1. The number of hydrogen-bond donors (Lipinski definition) is 2. The van der Waals surface area contributed by atoms with E-state index in [0.717, 1.165) is 42.0 Å². The maximum atomic E-state index is 12.9. The molecule has 0 bridgehead atoms. The smallest absolute Gasteiger partial charge is 0.338 e. The lowest BCUT2D eigenvalue weighted by Gasteiger charge is -2.23. The Morgan fingerprint density at radius 3 is 2.36 bits per heavy atom. The number of fused-ring (bicyclic) bond motifs is 1. The van der Waals surface area contributed by atoms with Crippen molar-refractivity contribution in [2.75, 3.05) is 49.3 Å². The molecule has 192 valence electrons. The summed E-state index contributed by atoms with van der Waals surface area (Å²) in [5.74, 6) is -0.618. The number of carbonyl (C=O) groups excluding carboxylic acids is 3. The lowest BCUT2D eigenvalue weighted by molar-refractivity contribution is -0.116. The number of anilines is 3. The summed E-state index contributed by atoms with van der Waals surface area (Å²) in [4.78, 5) is 41.1. The van der Waals surface area contributed by atoms with Gasteiger partial charge in [0, 0.05) is 36.1 Å². The van der Waals surface area contributed by atoms with Gasteiger partial charge in [0.15, 0.2) is 0 Å². The first-order chi connectivity index (χ1) is 17.2. The van der Waals surface area contributed by atoms with Crippen molar-refractivity contribution in [3.63, 3.8) is 0 Å². The quantitative estimate of drug-likeness (QED) is 0.348. The Bertz CT molecular complexity index is 1140. The Hall–Kier alpha value is -3.65. The number of allylic oxidation sites excluding steroid dienone is 1. The highest BCUT2D eigenvalue weighted by Gasteiger charge is 2.28. The largest absolute Gasteiger partial charge is 0.462 e. The molecular formula is C28H36N4O4. The van der Waals surface area contributed by atoms with Crippen LogP contribution in [0.4, 0.5) is 17.1 Å². The Morgan fingerprint density at radius 1 is 1.03 bits per heavy atom. The van der Waals surface area contributed by atoms with Crippen molar-refractivity contribution in [3.8, 4) is 0 Å². The van der Waals surface area contributed by atoms with E-state index in [0.29, 0.717) is 29.8 Å². The van der Waals surface area contributed by atoms with E-state index >= 15 is 0 Å². The van der Waals surface area contributed by atoms with E-state index in [9.17, 15) is 14.4 Å². The molecule has 1 aliphatic heterocycles. The number of benzene rings is 2. The average Bonchev–Trinajstić information content (AvgIpc) is 3.16. The Morgan fingerprint density at radius 2 is 1.75 bits per heavy atom. The molecule has 0 saturated heterocycles. The van der Waals surface area contributed by atoms with Gasteiger partial charge in [0.1, 0.15) is 0 Å². The molecule has 36 heavy (non-hydrogen) atoms. The third-order valence-electron chi connectivity index (χ3n) is 5.92. The predicted octanol–water partition coefficient (Wildman–Crippen LogP) is 4.74. The number of hydrogen-bond acceptors (Lipinski definition) is 6. The summed E-state index contributed by atoms with van der Waals surface area (Å²) in [5.41, 5.74) is 4.80. The number of nitrogens with one attached hydrogen (secondary N) is 2. The minimum atomic E-state index is -0.416. The second-order valence-corrected chi connectivity index (χ2v) is 9.04. The van der Waals surface area contributed by atoms with Gasteiger partial charge in [-0.3, -0.25) is 9.59 Å². The average molecular weight is 493 g/mol. The normalized spacial score (nSPS) is 13.8. The molecule has 2 aromatic carbocycles. The van der Waals surface area contributed by atoms with Gasteiger partial charge in [-0.15, -0.1) is 0 Å². The third-order valence-corrected chi connectivity index (χ3v) is 5.92. The second kappa shape index (κ2) is 12.4. The van der Waals surface area contributed by atoms with E-state index in [1.807, 2.05) is 38.4 Å². The number of nitrogens with zero attached hydrogens (tertiary/aromatic N) is 2. The topological polar surface area (TPSA) is 91.0 Å². The Kier molecular flexibility index (Phi) is 9.25. The molecule has 2 aromatic rings. The first kappa shape index (κ1) is 26.9. The molecule has 1 heterocycles. The zero-order chi connectivity index (χ0) is 26.2. The van der Waals surface area contributed by atoms with Crippen LogP contribution >= 0.6 is 0 Å². The van der Waals surface area contributed by atoms with Gasteiger partial charge in [-0.25, -0.2) is 4.79 Å². The summed E-state index contributed by atoms with van der Waals surface area (Å²) in [6, 6.07) is 12.8. The number of amides is 2. The van der Waals surface area contributed by atoms with Gasteiger partial charge in [0.05, 0.1) is 23.4 Å². The van der Waals surface area contributed by atoms with Gasteiger partial charge >= 0.3 is 5.97 Å². The Balaban J connectivity index is 1.85. The lowest BCUT2D eigenvalue weighted by atomic mass is 10.0. The van der Waals surface area contributed by atoms with E-state index in [1.54, 1.807) is 36.9 Å². The highest BCUT2D eigenvalue weighted by atomic mass is 16.5. The molecule has 0 saturated carbocycles. The number of rotatable bonds is 11. The van der Waals surface area contributed by atoms with Crippen LogP contribution in [0.1, 0.15) is 56.0 Å². The van der Waals surface area contributed by atoms with Gasteiger partial charge < -0.3 is 25.2 Å². The first-order valence-corrected chi connectivity index (χ1v) is 12.4.